The first-order chi connectivity index (χ1) is 10.1. The van der Waals surface area contributed by atoms with E-state index in [0.717, 1.165) is 53.3 Å². The average molecular weight is 305 g/mol. The van der Waals surface area contributed by atoms with Crippen molar-refractivity contribution in [2.45, 2.75) is 51.2 Å². The van der Waals surface area contributed by atoms with Crippen molar-refractivity contribution >= 4 is 32.4 Å². The molecule has 3 rings (SSSR count). The third-order valence-corrected chi connectivity index (χ3v) is 5.47. The van der Waals surface area contributed by atoms with Gasteiger partial charge in [0.1, 0.15) is 0 Å². The van der Waals surface area contributed by atoms with Crippen molar-refractivity contribution in [1.29, 1.82) is 0 Å². The molecule has 5 heteroatoms. The fourth-order valence-electron chi connectivity index (χ4n) is 3.07. The number of nitrogens with one attached hydrogen (secondary N) is 1. The molecule has 0 amide bonds. The Morgan fingerprint density at radius 1 is 1.43 bits per heavy atom. The quantitative estimate of drug-likeness (QED) is 0.837. The third kappa shape index (κ3) is 2.99. The summed E-state index contributed by atoms with van der Waals surface area (Å²) in [5, 5.41) is 4.59. The number of thiazole rings is 1. The van der Waals surface area contributed by atoms with Gasteiger partial charge in [0, 0.05) is 18.3 Å². The van der Waals surface area contributed by atoms with Crippen LogP contribution in [0, 0.1) is 0 Å². The Bertz CT molecular complexity index is 621. The Morgan fingerprint density at radius 3 is 3.00 bits per heavy atom. The fourth-order valence-corrected chi connectivity index (χ4v) is 4.06. The van der Waals surface area contributed by atoms with Gasteiger partial charge in [-0.15, -0.1) is 0 Å². The van der Waals surface area contributed by atoms with Crippen LogP contribution in [-0.2, 0) is 4.74 Å². The summed E-state index contributed by atoms with van der Waals surface area (Å²) in [5.41, 5.74) is 7.68. The number of nitrogens with zero attached hydrogens (tertiary/aromatic N) is 1. The van der Waals surface area contributed by atoms with Crippen LogP contribution in [0.15, 0.2) is 18.2 Å². The molecule has 0 radical (unpaired) electrons. The van der Waals surface area contributed by atoms with Crippen molar-refractivity contribution in [2.24, 2.45) is 0 Å². The molecule has 1 aromatic carbocycles. The number of benzene rings is 1. The molecule has 0 spiro atoms. The van der Waals surface area contributed by atoms with Gasteiger partial charge in [0.15, 0.2) is 5.13 Å². The molecule has 1 aliphatic heterocycles. The lowest BCUT2D eigenvalue weighted by Gasteiger charge is -2.40. The Kier molecular flexibility index (Phi) is 4.04. The largest absolute Gasteiger partial charge is 0.399 e. The number of ether oxygens (including phenoxy) is 1. The minimum Gasteiger partial charge on any atom is -0.399 e. The molecule has 0 aliphatic carbocycles. The zero-order chi connectivity index (χ0) is 14.9. The van der Waals surface area contributed by atoms with Crippen molar-refractivity contribution < 1.29 is 4.74 Å². The Morgan fingerprint density at radius 2 is 2.24 bits per heavy atom. The van der Waals surface area contributed by atoms with Crippen molar-refractivity contribution in [3.63, 3.8) is 0 Å². The van der Waals surface area contributed by atoms with E-state index in [-0.39, 0.29) is 5.60 Å². The second kappa shape index (κ2) is 5.81. The van der Waals surface area contributed by atoms with Crippen LogP contribution in [0.5, 0.6) is 0 Å². The molecule has 1 aromatic heterocycles. The minimum atomic E-state index is 0.0387. The highest BCUT2D eigenvalue weighted by Gasteiger charge is 2.34. The van der Waals surface area contributed by atoms with E-state index in [4.69, 9.17) is 10.5 Å². The van der Waals surface area contributed by atoms with E-state index in [2.05, 4.69) is 24.1 Å². The number of aromatic nitrogens is 1. The van der Waals surface area contributed by atoms with Crippen molar-refractivity contribution in [2.75, 3.05) is 17.7 Å². The summed E-state index contributed by atoms with van der Waals surface area (Å²) in [5.74, 6) is 0. The van der Waals surface area contributed by atoms with Gasteiger partial charge in [-0.25, -0.2) is 4.98 Å². The number of fused-ring (bicyclic) bond motifs is 1. The first-order valence-electron chi connectivity index (χ1n) is 7.71. The molecule has 114 valence electrons. The van der Waals surface area contributed by atoms with E-state index < -0.39 is 0 Å². The molecule has 0 bridgehead atoms. The first-order valence-corrected chi connectivity index (χ1v) is 8.52. The topological polar surface area (TPSA) is 60.2 Å². The van der Waals surface area contributed by atoms with E-state index in [0.29, 0.717) is 6.04 Å². The summed E-state index contributed by atoms with van der Waals surface area (Å²) in [4.78, 5) is 4.66. The van der Waals surface area contributed by atoms with Crippen LogP contribution >= 0.6 is 11.3 Å². The molecule has 1 aliphatic rings. The molecule has 1 saturated heterocycles. The normalized spacial score (nSPS) is 21.5. The van der Waals surface area contributed by atoms with Crippen LogP contribution in [0.4, 0.5) is 10.8 Å². The maximum atomic E-state index is 6.03. The summed E-state index contributed by atoms with van der Waals surface area (Å²) in [7, 11) is 0. The highest BCUT2D eigenvalue weighted by molar-refractivity contribution is 7.22. The van der Waals surface area contributed by atoms with Crippen LogP contribution in [0.2, 0.25) is 0 Å². The van der Waals surface area contributed by atoms with Crippen molar-refractivity contribution in [3.05, 3.63) is 18.2 Å². The molecular formula is C16H23N3OS. The van der Waals surface area contributed by atoms with E-state index in [9.17, 15) is 0 Å². The van der Waals surface area contributed by atoms with Gasteiger partial charge in [-0.2, -0.15) is 0 Å². The second-order valence-corrected chi connectivity index (χ2v) is 6.85. The SMILES string of the molecule is CCC1(CC)CC(Nc2nc3ccc(N)cc3s2)CCO1. The van der Waals surface area contributed by atoms with E-state index in [1.54, 1.807) is 11.3 Å². The van der Waals surface area contributed by atoms with Gasteiger partial charge >= 0.3 is 0 Å². The highest BCUT2D eigenvalue weighted by Crippen LogP contribution is 2.34. The number of rotatable bonds is 4. The lowest BCUT2D eigenvalue weighted by atomic mass is 9.86. The van der Waals surface area contributed by atoms with E-state index in [1.807, 2.05) is 18.2 Å². The van der Waals surface area contributed by atoms with Gasteiger partial charge in [0.2, 0.25) is 0 Å². The monoisotopic (exact) mass is 305 g/mol. The van der Waals surface area contributed by atoms with Crippen LogP contribution in [0.3, 0.4) is 0 Å². The fraction of sp³-hybridized carbons (Fsp3) is 0.562. The van der Waals surface area contributed by atoms with Gasteiger partial charge < -0.3 is 15.8 Å². The second-order valence-electron chi connectivity index (χ2n) is 5.82. The molecule has 2 heterocycles. The van der Waals surface area contributed by atoms with E-state index in [1.165, 1.54) is 0 Å². The standard InChI is InChI=1S/C16H23N3OS/c1-3-16(4-2)10-12(7-8-20-16)18-15-19-13-6-5-11(17)9-14(13)21-15/h5-6,9,12H,3-4,7-8,10,17H2,1-2H3,(H,18,19). The van der Waals surface area contributed by atoms with Gasteiger partial charge in [-0.05, 0) is 43.9 Å². The highest BCUT2D eigenvalue weighted by atomic mass is 32.1. The van der Waals surface area contributed by atoms with E-state index >= 15 is 0 Å². The van der Waals surface area contributed by atoms with Gasteiger partial charge in [-0.1, -0.05) is 25.2 Å². The molecule has 4 nitrogen and oxygen atoms in total. The molecule has 0 saturated carbocycles. The maximum Gasteiger partial charge on any atom is 0.184 e. The lowest BCUT2D eigenvalue weighted by molar-refractivity contribution is -0.0864. The summed E-state index contributed by atoms with van der Waals surface area (Å²) < 4.78 is 7.17. The van der Waals surface area contributed by atoms with Gasteiger partial charge in [0.25, 0.3) is 0 Å². The zero-order valence-electron chi connectivity index (χ0n) is 12.7. The number of anilines is 2. The molecular weight excluding hydrogens is 282 g/mol. The number of hydrogen-bond donors (Lipinski definition) is 2. The smallest absolute Gasteiger partial charge is 0.184 e. The predicted octanol–water partition coefficient (Wildman–Crippen LogP) is 4.03. The number of nitrogens with two attached hydrogens (primary N) is 1. The summed E-state index contributed by atoms with van der Waals surface area (Å²) in [6.45, 7) is 5.26. The van der Waals surface area contributed by atoms with Crippen LogP contribution in [0.1, 0.15) is 39.5 Å². The number of nitrogen functional groups attached to an aromatic ring is 1. The Hall–Kier alpha value is -1.33. The summed E-state index contributed by atoms with van der Waals surface area (Å²) >= 11 is 1.68. The molecule has 3 N–H and O–H groups in total. The van der Waals surface area contributed by atoms with Crippen LogP contribution < -0.4 is 11.1 Å². The molecule has 21 heavy (non-hydrogen) atoms. The molecule has 2 aromatic rings. The maximum absolute atomic E-state index is 6.03. The van der Waals surface area contributed by atoms with Gasteiger partial charge in [-0.3, -0.25) is 0 Å². The zero-order valence-corrected chi connectivity index (χ0v) is 13.5. The third-order valence-electron chi connectivity index (χ3n) is 4.52. The van der Waals surface area contributed by atoms with Crippen molar-refractivity contribution in [3.8, 4) is 0 Å². The van der Waals surface area contributed by atoms with Crippen LogP contribution in [0.25, 0.3) is 10.2 Å². The van der Waals surface area contributed by atoms with Gasteiger partial charge in [0.05, 0.1) is 15.8 Å². The van der Waals surface area contributed by atoms with Crippen molar-refractivity contribution in [1.82, 2.24) is 4.98 Å². The lowest BCUT2D eigenvalue weighted by Crippen LogP contribution is -2.43. The average Bonchev–Trinajstić information content (AvgIpc) is 2.88. The van der Waals surface area contributed by atoms with Crippen LogP contribution in [-0.4, -0.2) is 23.2 Å². The Balaban J connectivity index is 1.75. The molecule has 1 atom stereocenters. The number of hydrogen-bond acceptors (Lipinski definition) is 5. The predicted molar refractivity (Wildman–Crippen MR) is 89.9 cm³/mol. The molecule has 1 unspecified atom stereocenters. The minimum absolute atomic E-state index is 0.0387. The summed E-state index contributed by atoms with van der Waals surface area (Å²) in [6, 6.07) is 6.32. The Labute approximate surface area is 129 Å². The molecule has 1 fully saturated rings. The first kappa shape index (κ1) is 14.6. The summed E-state index contributed by atoms with van der Waals surface area (Å²) in [6.07, 6.45) is 4.23.